The molecule has 0 amide bonds. The Morgan fingerprint density at radius 1 is 0.667 bits per heavy atom. The molecule has 0 atom stereocenters. The number of rotatable bonds is 0. The van der Waals surface area contributed by atoms with E-state index in [1.54, 1.807) is 6.92 Å². The summed E-state index contributed by atoms with van der Waals surface area (Å²) in [6.45, 7) is 5.00. The van der Waals surface area contributed by atoms with Crippen molar-refractivity contribution in [3.05, 3.63) is 21.8 Å². The molecule has 0 aliphatic rings. The maximum Gasteiger partial charge on any atom is 3.00 e. The minimum absolute atomic E-state index is 0. The van der Waals surface area contributed by atoms with Crippen LogP contribution in [-0.2, 0) is 32.7 Å². The van der Waals surface area contributed by atoms with Crippen molar-refractivity contribution in [3.8, 4) is 0 Å². The van der Waals surface area contributed by atoms with E-state index in [2.05, 4.69) is 6.92 Å². The first-order chi connectivity index (χ1) is 1.00. The summed E-state index contributed by atoms with van der Waals surface area (Å²) in [5.41, 5.74) is 0. The van der Waals surface area contributed by atoms with E-state index in [4.69, 9.17) is 0 Å². The van der Waals surface area contributed by atoms with Crippen molar-refractivity contribution in [3.63, 3.8) is 0 Å². The van der Waals surface area contributed by atoms with Crippen LogP contribution >= 0.6 is 0 Å². The largest absolute Gasteiger partial charge is 3.00 e. The Balaban J connectivity index is -0.000000000238. The van der Waals surface area contributed by atoms with Gasteiger partial charge in [-0.1, -0.05) is 29.7 Å². The molecule has 0 bridgehead atoms. The van der Waals surface area contributed by atoms with E-state index in [0.29, 0.717) is 0 Å². The smallest absolute Gasteiger partial charge is 0.358 e. The van der Waals surface area contributed by atoms with Crippen molar-refractivity contribution in [2.24, 2.45) is 0 Å². The zero-order valence-corrected chi connectivity index (χ0v) is 7.12. The van der Waals surface area contributed by atoms with Gasteiger partial charge in [-0.05, 0) is 0 Å². The van der Waals surface area contributed by atoms with Crippen molar-refractivity contribution in [2.75, 3.05) is 0 Å². The van der Waals surface area contributed by atoms with Gasteiger partial charge in [0.15, 0.2) is 0 Å². The van der Waals surface area contributed by atoms with Gasteiger partial charge in [-0.3, -0.25) is 0 Å². The molecule has 1 heteroatoms. The van der Waals surface area contributed by atoms with Crippen molar-refractivity contribution in [1.29, 1.82) is 0 Å². The van der Waals surface area contributed by atoms with E-state index in [1.807, 2.05) is 0 Å². The summed E-state index contributed by atoms with van der Waals surface area (Å²) in [5, 5.41) is 0. The Labute approximate surface area is 90.7 Å². The fraction of sp³-hybridized carbons (Fsp3) is 0.625. The predicted octanol–water partition coefficient (Wildman–Crippen LogP) is 4.28. The summed E-state index contributed by atoms with van der Waals surface area (Å²) in [5.74, 6) is 0. The van der Waals surface area contributed by atoms with Crippen LogP contribution in [-0.4, -0.2) is 0 Å². The molecule has 0 spiro atoms. The Morgan fingerprint density at radius 3 is 0.667 bits per heavy atom. The molecule has 0 saturated heterocycles. The van der Waals surface area contributed by atoms with E-state index in [-0.39, 0.29) is 77.3 Å². The fourth-order valence-corrected chi connectivity index (χ4v) is 0. The molecule has 0 nitrogen and oxygen atoms in total. The van der Waals surface area contributed by atoms with Crippen LogP contribution in [0.2, 0.25) is 0 Å². The molecule has 0 aliphatic carbocycles. The SMILES string of the molecule is C.C.C.C.[CH2-]C.[CH3-].[CH3-].[Y+3]. The van der Waals surface area contributed by atoms with Crippen molar-refractivity contribution in [1.82, 2.24) is 0 Å². The second kappa shape index (κ2) is 491. The average Bonchev–Trinajstić information content (AvgIpc) is 1.00. The van der Waals surface area contributed by atoms with Gasteiger partial charge in [0.1, 0.15) is 0 Å². The van der Waals surface area contributed by atoms with Gasteiger partial charge >= 0.3 is 32.7 Å². The maximum absolute atomic E-state index is 3.25. The Kier molecular flexibility index (Phi) is 10300. The number of hydrogen-bond donors (Lipinski definition) is 0. The molecule has 0 aromatic carbocycles. The number of hydrogen-bond acceptors (Lipinski definition) is 0. The van der Waals surface area contributed by atoms with Gasteiger partial charge in [-0.15, -0.1) is 0 Å². The zero-order valence-electron chi connectivity index (χ0n) is 4.28. The standard InChI is InChI=1S/C2H5.4CH4.2CH3.Y/c1-2;;;;;;;/h1H2,2H3;4*1H4;2*1H3;/q-1;;;;;2*-1;+3. The van der Waals surface area contributed by atoms with E-state index >= 15 is 0 Å². The van der Waals surface area contributed by atoms with Crippen molar-refractivity contribution in [2.45, 2.75) is 36.6 Å². The van der Waals surface area contributed by atoms with Crippen LogP contribution in [0.25, 0.3) is 0 Å². The minimum Gasteiger partial charge on any atom is -0.358 e. The molecule has 0 heterocycles. The second-order valence-electron chi connectivity index (χ2n) is 0. The Bertz CT molecular complexity index is 4.53. The van der Waals surface area contributed by atoms with Crippen molar-refractivity contribution >= 4 is 0 Å². The summed E-state index contributed by atoms with van der Waals surface area (Å²) >= 11 is 0. The third-order valence-corrected chi connectivity index (χ3v) is 0. The summed E-state index contributed by atoms with van der Waals surface area (Å²) in [7, 11) is 0. The van der Waals surface area contributed by atoms with Crippen LogP contribution in [0, 0.1) is 21.8 Å². The molecule has 0 unspecified atom stereocenters. The Hall–Kier alpha value is 1.10. The molecule has 0 radical (unpaired) electrons. The molecular weight excluding hydrogens is 185 g/mol. The van der Waals surface area contributed by atoms with E-state index in [1.165, 1.54) is 0 Å². The topological polar surface area (TPSA) is 0 Å². The monoisotopic (exact) mass is 212 g/mol. The molecule has 0 fully saturated rings. The molecule has 62 valence electrons. The van der Waals surface area contributed by atoms with Gasteiger partial charge in [0.25, 0.3) is 0 Å². The summed E-state index contributed by atoms with van der Waals surface area (Å²) in [4.78, 5) is 0. The first kappa shape index (κ1) is 189. The molecule has 9 heavy (non-hydrogen) atoms. The molecule has 0 aromatic heterocycles. The summed E-state index contributed by atoms with van der Waals surface area (Å²) < 4.78 is 0. The van der Waals surface area contributed by atoms with Gasteiger partial charge in [-0.25, -0.2) is 0 Å². The van der Waals surface area contributed by atoms with Gasteiger partial charge in [0.2, 0.25) is 0 Å². The van der Waals surface area contributed by atoms with Crippen LogP contribution in [0.4, 0.5) is 0 Å². The first-order valence-corrected chi connectivity index (χ1v) is 0.707. The normalized spacial score (nSPS) is 0.667. The molecule has 0 aliphatic heterocycles. The fourth-order valence-electron chi connectivity index (χ4n) is 0. The summed E-state index contributed by atoms with van der Waals surface area (Å²) in [6.07, 6.45) is 0. The van der Waals surface area contributed by atoms with Crippen LogP contribution in [0.5, 0.6) is 0 Å². The van der Waals surface area contributed by atoms with Gasteiger partial charge in [0, 0.05) is 0 Å². The van der Waals surface area contributed by atoms with Gasteiger partial charge < -0.3 is 21.8 Å². The first-order valence-electron chi connectivity index (χ1n) is 0.707. The quantitative estimate of drug-likeness (QED) is 0.525. The van der Waals surface area contributed by atoms with Crippen molar-refractivity contribution < 1.29 is 32.7 Å². The van der Waals surface area contributed by atoms with Gasteiger partial charge in [-0.2, -0.15) is 6.92 Å². The van der Waals surface area contributed by atoms with Crippen LogP contribution in [0.15, 0.2) is 0 Å². The predicted molar refractivity (Wildman–Crippen MR) is 50.8 cm³/mol. The molecule has 0 N–H and O–H groups in total. The third-order valence-electron chi connectivity index (χ3n) is 0. The molecule has 0 rings (SSSR count). The van der Waals surface area contributed by atoms with E-state index in [9.17, 15) is 0 Å². The third kappa shape index (κ3) is 377. The van der Waals surface area contributed by atoms with Crippen LogP contribution in [0.1, 0.15) is 36.6 Å². The molecule has 0 aromatic rings. The van der Waals surface area contributed by atoms with Gasteiger partial charge in [0.05, 0.1) is 0 Å². The Morgan fingerprint density at radius 2 is 0.667 bits per heavy atom. The van der Waals surface area contributed by atoms with E-state index in [0.717, 1.165) is 0 Å². The zero-order chi connectivity index (χ0) is 2.00. The van der Waals surface area contributed by atoms with E-state index < -0.39 is 0 Å². The second-order valence-corrected chi connectivity index (χ2v) is 0. The maximum atomic E-state index is 3.25. The van der Waals surface area contributed by atoms with Crippen LogP contribution in [0.3, 0.4) is 0 Å². The molecule has 0 saturated carbocycles. The van der Waals surface area contributed by atoms with Crippen LogP contribution < -0.4 is 0 Å². The molecular formula is C8H27Y. The summed E-state index contributed by atoms with van der Waals surface area (Å²) in [6, 6.07) is 0. The minimum atomic E-state index is 0. The average molecular weight is 212 g/mol.